The highest BCUT2D eigenvalue weighted by atomic mass is 16.4. The van der Waals surface area contributed by atoms with E-state index in [0.29, 0.717) is 0 Å². The largest absolute Gasteiger partial charge is 0.478 e. The summed E-state index contributed by atoms with van der Waals surface area (Å²) in [6.07, 6.45) is 3.21. The van der Waals surface area contributed by atoms with E-state index in [9.17, 15) is 14.4 Å². The fraction of sp³-hybridized carbons (Fsp3) is 0.560. The second-order valence-electron chi connectivity index (χ2n) is 9.13. The number of hydrogen-bond acceptors (Lipinski definition) is 3. The predicted molar refractivity (Wildman–Crippen MR) is 124 cm³/mol. The molecule has 0 saturated carbocycles. The minimum Gasteiger partial charge on any atom is -0.478 e. The van der Waals surface area contributed by atoms with Crippen LogP contribution < -0.4 is 5.32 Å². The monoisotopic (exact) mass is 430 g/mol. The molecule has 0 aromatic heterocycles. The zero-order valence-electron chi connectivity index (χ0n) is 19.9. The van der Waals surface area contributed by atoms with Gasteiger partial charge in [0.05, 0.1) is 18.5 Å². The van der Waals surface area contributed by atoms with Crippen LogP contribution in [0.4, 0.5) is 0 Å². The molecule has 1 aromatic carbocycles. The molecular weight excluding hydrogens is 392 g/mol. The van der Waals surface area contributed by atoms with Gasteiger partial charge in [-0.2, -0.15) is 0 Å². The fourth-order valence-corrected chi connectivity index (χ4v) is 3.49. The van der Waals surface area contributed by atoms with Crippen LogP contribution in [0.1, 0.15) is 65.0 Å². The van der Waals surface area contributed by atoms with Crippen LogP contribution in [0.25, 0.3) is 0 Å². The van der Waals surface area contributed by atoms with Gasteiger partial charge in [-0.1, -0.05) is 65.0 Å². The van der Waals surface area contributed by atoms with Crippen molar-refractivity contribution >= 4 is 17.8 Å². The third kappa shape index (κ3) is 8.19. The molecule has 172 valence electrons. The first kappa shape index (κ1) is 26.4. The Morgan fingerprint density at radius 1 is 1.16 bits per heavy atom. The number of carboxylic acid groups (broad SMARTS) is 1. The molecular formula is C25H38N2O4. The average Bonchev–Trinajstić information content (AvgIpc) is 3.12. The average molecular weight is 431 g/mol. The van der Waals surface area contributed by atoms with Gasteiger partial charge in [-0.05, 0) is 42.7 Å². The van der Waals surface area contributed by atoms with Gasteiger partial charge >= 0.3 is 5.97 Å². The predicted octanol–water partition coefficient (Wildman–Crippen LogP) is 4.01. The van der Waals surface area contributed by atoms with Gasteiger partial charge < -0.3 is 15.3 Å². The molecule has 2 N–H and O–H groups in total. The fourth-order valence-electron chi connectivity index (χ4n) is 3.49. The van der Waals surface area contributed by atoms with Gasteiger partial charge in [-0.15, -0.1) is 0 Å². The van der Waals surface area contributed by atoms with Crippen LogP contribution in [0.5, 0.6) is 0 Å². The van der Waals surface area contributed by atoms with Crippen LogP contribution in [-0.4, -0.2) is 47.4 Å². The van der Waals surface area contributed by atoms with Crippen molar-refractivity contribution in [2.24, 2.45) is 11.8 Å². The summed E-state index contributed by atoms with van der Waals surface area (Å²) in [6.45, 7) is 11.8. The van der Waals surface area contributed by atoms with Gasteiger partial charge in [0.2, 0.25) is 11.8 Å². The smallest absolute Gasteiger partial charge is 0.331 e. The number of nitrogens with one attached hydrogen (secondary N) is 1. The van der Waals surface area contributed by atoms with Crippen molar-refractivity contribution in [2.75, 3.05) is 13.6 Å². The van der Waals surface area contributed by atoms with Crippen molar-refractivity contribution in [1.82, 2.24) is 10.2 Å². The molecule has 0 spiro atoms. The highest BCUT2D eigenvalue weighted by Gasteiger charge is 2.29. The second kappa shape index (κ2) is 12.3. The Morgan fingerprint density at radius 2 is 1.74 bits per heavy atom. The van der Waals surface area contributed by atoms with Crippen molar-refractivity contribution in [3.8, 4) is 0 Å². The molecule has 0 radical (unpaired) electrons. The molecule has 1 aliphatic carbocycles. The zero-order valence-corrected chi connectivity index (χ0v) is 19.9. The van der Waals surface area contributed by atoms with Crippen molar-refractivity contribution < 1.29 is 19.5 Å². The second-order valence-corrected chi connectivity index (χ2v) is 9.13. The van der Waals surface area contributed by atoms with Gasteiger partial charge in [0.1, 0.15) is 0 Å². The van der Waals surface area contributed by atoms with E-state index < -0.39 is 5.97 Å². The number of amides is 2. The lowest BCUT2D eigenvalue weighted by Crippen LogP contribution is -2.45. The zero-order chi connectivity index (χ0) is 23.7. The Morgan fingerprint density at radius 3 is 2.29 bits per heavy atom. The molecule has 2 rings (SSSR count). The Kier molecular flexibility index (Phi) is 10.5. The summed E-state index contributed by atoms with van der Waals surface area (Å²) >= 11 is 0. The van der Waals surface area contributed by atoms with Crippen molar-refractivity contribution in [2.45, 2.75) is 66.3 Å². The molecule has 0 heterocycles. The van der Waals surface area contributed by atoms with E-state index in [1.807, 2.05) is 38.1 Å². The SMILES string of the molecule is C/C(=C\[C@H](C(C)C)N(C)C(=O)CNC(=O)C1CCc2ccccc21)C(=O)O.CC(C)C. The normalized spacial score (nSPS) is 16.3. The Balaban J connectivity index is 0.00000110. The van der Waals surface area contributed by atoms with E-state index in [0.717, 1.165) is 24.3 Å². The van der Waals surface area contributed by atoms with E-state index in [2.05, 4.69) is 26.1 Å². The van der Waals surface area contributed by atoms with Crippen LogP contribution in [0.3, 0.4) is 0 Å². The molecule has 0 bridgehead atoms. The Bertz CT molecular complexity index is 796. The van der Waals surface area contributed by atoms with Gasteiger partial charge in [-0.3, -0.25) is 9.59 Å². The summed E-state index contributed by atoms with van der Waals surface area (Å²) in [6, 6.07) is 7.54. The first-order chi connectivity index (χ1) is 14.5. The minimum absolute atomic E-state index is 0.0469. The summed E-state index contributed by atoms with van der Waals surface area (Å²) in [5.41, 5.74) is 2.42. The number of aryl methyl sites for hydroxylation is 1. The molecule has 1 aromatic rings. The minimum atomic E-state index is -1.00. The van der Waals surface area contributed by atoms with Crippen LogP contribution in [0.2, 0.25) is 0 Å². The molecule has 6 heteroatoms. The third-order valence-electron chi connectivity index (χ3n) is 5.14. The highest BCUT2D eigenvalue weighted by molar-refractivity contribution is 5.89. The van der Waals surface area contributed by atoms with E-state index in [-0.39, 0.29) is 41.8 Å². The maximum atomic E-state index is 12.5. The number of benzene rings is 1. The summed E-state index contributed by atoms with van der Waals surface area (Å²) in [4.78, 5) is 37.7. The molecule has 0 saturated heterocycles. The highest BCUT2D eigenvalue weighted by Crippen LogP contribution is 2.32. The van der Waals surface area contributed by atoms with Gasteiger partial charge in [0.25, 0.3) is 0 Å². The molecule has 0 fully saturated rings. The molecule has 2 amide bonds. The van der Waals surface area contributed by atoms with E-state index in [4.69, 9.17) is 5.11 Å². The third-order valence-corrected chi connectivity index (χ3v) is 5.14. The molecule has 31 heavy (non-hydrogen) atoms. The number of carboxylic acids is 1. The lowest BCUT2D eigenvalue weighted by Gasteiger charge is -2.29. The topological polar surface area (TPSA) is 86.7 Å². The van der Waals surface area contributed by atoms with Gasteiger partial charge in [0, 0.05) is 12.6 Å². The number of aliphatic carboxylic acids is 1. The van der Waals surface area contributed by atoms with E-state index in [1.54, 1.807) is 13.1 Å². The van der Waals surface area contributed by atoms with Crippen molar-refractivity contribution in [3.63, 3.8) is 0 Å². The quantitative estimate of drug-likeness (QED) is 0.640. The first-order valence-electron chi connectivity index (χ1n) is 11.0. The van der Waals surface area contributed by atoms with E-state index in [1.165, 1.54) is 17.4 Å². The summed E-state index contributed by atoms with van der Waals surface area (Å²) < 4.78 is 0. The lowest BCUT2D eigenvalue weighted by atomic mass is 9.99. The Labute approximate surface area is 186 Å². The first-order valence-corrected chi connectivity index (χ1v) is 11.0. The molecule has 1 unspecified atom stereocenters. The van der Waals surface area contributed by atoms with Crippen LogP contribution >= 0.6 is 0 Å². The number of hydrogen-bond donors (Lipinski definition) is 2. The number of carbonyl (C=O) groups excluding carboxylic acids is 2. The van der Waals surface area contributed by atoms with Crippen molar-refractivity contribution in [3.05, 3.63) is 47.0 Å². The maximum absolute atomic E-state index is 12.5. The summed E-state index contributed by atoms with van der Waals surface area (Å²) in [5, 5.41) is 11.8. The number of rotatable bonds is 7. The maximum Gasteiger partial charge on any atom is 0.331 e. The number of likely N-dealkylation sites (N-methyl/N-ethyl adjacent to an activating group) is 1. The van der Waals surface area contributed by atoms with Crippen LogP contribution in [0.15, 0.2) is 35.9 Å². The van der Waals surface area contributed by atoms with Gasteiger partial charge in [-0.25, -0.2) is 4.79 Å². The molecule has 1 aliphatic rings. The Hall–Kier alpha value is -2.63. The number of nitrogens with zero attached hydrogens (tertiary/aromatic N) is 1. The molecule has 2 atom stereocenters. The summed E-state index contributed by atoms with van der Waals surface area (Å²) in [5.74, 6) is -0.725. The van der Waals surface area contributed by atoms with Gasteiger partial charge in [0.15, 0.2) is 0 Å². The van der Waals surface area contributed by atoms with Crippen molar-refractivity contribution in [1.29, 1.82) is 0 Å². The van der Waals surface area contributed by atoms with Crippen LogP contribution in [-0.2, 0) is 20.8 Å². The lowest BCUT2D eigenvalue weighted by molar-refractivity contribution is -0.134. The number of fused-ring (bicyclic) bond motifs is 1. The number of carbonyl (C=O) groups is 3. The summed E-state index contributed by atoms with van der Waals surface area (Å²) in [7, 11) is 1.63. The molecule has 0 aliphatic heterocycles. The standard InChI is InChI=1S/C21H28N2O4.C4H10/c1-13(2)18(11-14(3)21(26)27)23(4)19(24)12-22-20(25)17-10-9-15-7-5-6-8-16(15)17;1-4(2)3/h5-8,11,13,17-18H,9-10,12H2,1-4H3,(H,22,25)(H,26,27);4H,1-3H3/b14-11+;/t17?,18-;/m1./s1. The van der Waals surface area contributed by atoms with E-state index >= 15 is 0 Å². The van der Waals surface area contributed by atoms with Crippen LogP contribution in [0, 0.1) is 11.8 Å². The molecule has 6 nitrogen and oxygen atoms in total.